The largest absolute Gasteiger partial charge is 0.467 e. The summed E-state index contributed by atoms with van der Waals surface area (Å²) < 4.78 is 11.1. The van der Waals surface area contributed by atoms with Gasteiger partial charge in [0.15, 0.2) is 0 Å². The topological polar surface area (TPSA) is 80.7 Å². The molecule has 0 spiro atoms. The number of nitrogens with zero attached hydrogens (tertiary/aromatic N) is 1. The maximum absolute atomic E-state index is 12.5. The smallest absolute Gasteiger partial charge is 0.254 e. The molecule has 1 fully saturated rings. The third-order valence-corrected chi connectivity index (χ3v) is 4.98. The van der Waals surface area contributed by atoms with Crippen LogP contribution in [0.2, 0.25) is 5.02 Å². The quantitative estimate of drug-likeness (QED) is 0.679. The van der Waals surface area contributed by atoms with Crippen LogP contribution in [0, 0.1) is 0 Å². The lowest BCUT2D eigenvalue weighted by molar-refractivity contribution is -0.0972. The Hall–Kier alpha value is -1.28. The SMILES string of the molecule is CC1(C)CN(C(CNC(=O)c2coc(CN)c2)c2ccc(Cl)cc2)CCO1.Cl.Cl. The van der Waals surface area contributed by atoms with Crippen LogP contribution in [0.4, 0.5) is 0 Å². The van der Waals surface area contributed by atoms with Crippen LogP contribution in [0.25, 0.3) is 0 Å². The van der Waals surface area contributed by atoms with E-state index >= 15 is 0 Å². The van der Waals surface area contributed by atoms with Crippen molar-refractivity contribution in [2.75, 3.05) is 26.2 Å². The molecule has 2 heterocycles. The number of halogens is 3. The molecule has 3 rings (SSSR count). The van der Waals surface area contributed by atoms with Gasteiger partial charge in [-0.2, -0.15) is 0 Å². The van der Waals surface area contributed by atoms with Crippen molar-refractivity contribution in [1.82, 2.24) is 10.2 Å². The van der Waals surface area contributed by atoms with E-state index in [1.807, 2.05) is 24.3 Å². The van der Waals surface area contributed by atoms with Gasteiger partial charge in [-0.1, -0.05) is 23.7 Å². The Bertz CT molecular complexity index is 781. The van der Waals surface area contributed by atoms with Gasteiger partial charge in [0.1, 0.15) is 12.0 Å². The molecule has 1 aliphatic heterocycles. The van der Waals surface area contributed by atoms with Crippen LogP contribution < -0.4 is 11.1 Å². The van der Waals surface area contributed by atoms with E-state index in [0.717, 1.165) is 18.7 Å². The van der Waals surface area contributed by atoms with Gasteiger partial charge in [-0.05, 0) is 37.6 Å². The lowest BCUT2D eigenvalue weighted by Gasteiger charge is -2.42. The summed E-state index contributed by atoms with van der Waals surface area (Å²) in [5.41, 5.74) is 6.90. The second-order valence-electron chi connectivity index (χ2n) is 7.36. The molecule has 1 unspecified atom stereocenters. The van der Waals surface area contributed by atoms with Gasteiger partial charge in [-0.3, -0.25) is 9.69 Å². The van der Waals surface area contributed by atoms with Crippen LogP contribution in [-0.2, 0) is 11.3 Å². The summed E-state index contributed by atoms with van der Waals surface area (Å²) in [5, 5.41) is 3.71. The van der Waals surface area contributed by atoms with Gasteiger partial charge in [0, 0.05) is 24.7 Å². The van der Waals surface area contributed by atoms with Crippen molar-refractivity contribution < 1.29 is 13.9 Å². The molecule has 0 radical (unpaired) electrons. The minimum atomic E-state index is -0.229. The second kappa shape index (κ2) is 11.2. The van der Waals surface area contributed by atoms with Crippen molar-refractivity contribution in [3.63, 3.8) is 0 Å². The number of nitrogens with two attached hydrogens (primary N) is 1. The fraction of sp³-hybridized carbons (Fsp3) is 0.450. The Morgan fingerprint density at radius 2 is 2.00 bits per heavy atom. The third-order valence-electron chi connectivity index (χ3n) is 4.72. The number of hydrogen-bond acceptors (Lipinski definition) is 5. The molecule has 9 heteroatoms. The van der Waals surface area contributed by atoms with Gasteiger partial charge >= 0.3 is 0 Å². The highest BCUT2D eigenvalue weighted by molar-refractivity contribution is 6.30. The first-order valence-corrected chi connectivity index (χ1v) is 9.45. The molecule has 0 aliphatic carbocycles. The molecular weight excluding hydrogens is 437 g/mol. The molecule has 3 N–H and O–H groups in total. The Morgan fingerprint density at radius 1 is 1.31 bits per heavy atom. The average Bonchev–Trinajstić information content (AvgIpc) is 3.12. The summed E-state index contributed by atoms with van der Waals surface area (Å²) in [4.78, 5) is 14.8. The summed E-state index contributed by atoms with van der Waals surface area (Å²) in [7, 11) is 0. The highest BCUT2D eigenvalue weighted by Crippen LogP contribution is 2.27. The second-order valence-corrected chi connectivity index (χ2v) is 7.80. The molecule has 1 aromatic heterocycles. The van der Waals surface area contributed by atoms with Crippen LogP contribution in [0.1, 0.15) is 41.6 Å². The number of amides is 1. The van der Waals surface area contributed by atoms with E-state index < -0.39 is 0 Å². The maximum atomic E-state index is 12.5. The number of morpholine rings is 1. The van der Waals surface area contributed by atoms with Gasteiger partial charge in [0.2, 0.25) is 0 Å². The van der Waals surface area contributed by atoms with Crippen LogP contribution in [0.5, 0.6) is 0 Å². The number of nitrogens with one attached hydrogen (secondary N) is 1. The van der Waals surface area contributed by atoms with Gasteiger partial charge < -0.3 is 20.2 Å². The van der Waals surface area contributed by atoms with Gasteiger partial charge in [0.25, 0.3) is 5.91 Å². The monoisotopic (exact) mass is 463 g/mol. The van der Waals surface area contributed by atoms with Crippen molar-refractivity contribution >= 4 is 42.3 Å². The van der Waals surface area contributed by atoms with Crippen LogP contribution >= 0.6 is 36.4 Å². The molecule has 29 heavy (non-hydrogen) atoms. The van der Waals surface area contributed by atoms with Crippen LogP contribution in [0.15, 0.2) is 41.0 Å². The Labute approximate surface area is 188 Å². The third kappa shape index (κ3) is 6.88. The molecule has 1 saturated heterocycles. The standard InChI is InChI=1S/C20H26ClN3O3.2ClH/c1-20(2)13-24(7-8-27-20)18(14-3-5-16(21)6-4-14)11-23-19(25)15-9-17(10-22)26-12-15;;/h3-6,9,12,18H,7-8,10-11,13,22H2,1-2H3,(H,23,25);2*1H. The minimum absolute atomic E-state index is 0. The summed E-state index contributed by atoms with van der Waals surface area (Å²) in [6, 6.07) is 9.46. The summed E-state index contributed by atoms with van der Waals surface area (Å²) in [5.74, 6) is 0.411. The molecule has 6 nitrogen and oxygen atoms in total. The maximum Gasteiger partial charge on any atom is 0.254 e. The molecule has 1 aliphatic rings. The van der Waals surface area contributed by atoms with Crippen molar-refractivity contribution in [3.8, 4) is 0 Å². The predicted octanol–water partition coefficient (Wildman–Crippen LogP) is 3.82. The highest BCUT2D eigenvalue weighted by Gasteiger charge is 2.32. The Balaban J connectivity index is 0.00000210. The molecular formula is C20H28Cl3N3O3. The zero-order valence-corrected chi connectivity index (χ0v) is 18.9. The van der Waals surface area contributed by atoms with E-state index in [1.54, 1.807) is 6.07 Å². The number of hydrogen-bond donors (Lipinski definition) is 2. The molecule has 0 bridgehead atoms. The average molecular weight is 465 g/mol. The van der Waals surface area contributed by atoms with Crippen molar-refractivity contribution in [2.24, 2.45) is 5.73 Å². The number of rotatable bonds is 6. The minimum Gasteiger partial charge on any atom is -0.467 e. The number of ether oxygens (including phenoxy) is 1. The zero-order valence-electron chi connectivity index (χ0n) is 16.5. The Morgan fingerprint density at radius 3 is 2.59 bits per heavy atom. The summed E-state index contributed by atoms with van der Waals surface area (Å²) in [6.45, 7) is 7.14. The zero-order chi connectivity index (χ0) is 19.4. The predicted molar refractivity (Wildman–Crippen MR) is 119 cm³/mol. The normalized spacial score (nSPS) is 17.0. The van der Waals surface area contributed by atoms with E-state index in [1.165, 1.54) is 6.26 Å². The first-order chi connectivity index (χ1) is 12.9. The lowest BCUT2D eigenvalue weighted by Crippen LogP contribution is -2.51. The molecule has 1 atom stereocenters. The van der Waals surface area contributed by atoms with E-state index in [9.17, 15) is 4.79 Å². The van der Waals surface area contributed by atoms with Crippen LogP contribution in [-0.4, -0.2) is 42.6 Å². The Kier molecular flexibility index (Phi) is 9.95. The molecule has 1 amide bonds. The first kappa shape index (κ1) is 25.8. The van der Waals surface area contributed by atoms with Gasteiger partial charge in [0.05, 0.1) is 30.4 Å². The van der Waals surface area contributed by atoms with Gasteiger partial charge in [-0.25, -0.2) is 0 Å². The van der Waals surface area contributed by atoms with Gasteiger partial charge in [-0.15, -0.1) is 24.8 Å². The lowest BCUT2D eigenvalue weighted by atomic mass is 10.0. The van der Waals surface area contributed by atoms with E-state index in [2.05, 4.69) is 24.1 Å². The fourth-order valence-corrected chi connectivity index (χ4v) is 3.49. The number of carbonyl (C=O) groups excluding carboxylic acids is 1. The molecule has 162 valence electrons. The van der Waals surface area contributed by atoms with E-state index in [-0.39, 0.29) is 48.9 Å². The number of benzene rings is 1. The fourth-order valence-electron chi connectivity index (χ4n) is 3.36. The number of carbonyl (C=O) groups is 1. The molecule has 1 aromatic carbocycles. The van der Waals surface area contributed by atoms with E-state index in [4.69, 9.17) is 26.5 Å². The van der Waals surface area contributed by atoms with Crippen molar-refractivity contribution in [2.45, 2.75) is 32.0 Å². The molecule has 2 aromatic rings. The first-order valence-electron chi connectivity index (χ1n) is 9.07. The number of furan rings is 1. The van der Waals surface area contributed by atoms with Crippen LogP contribution in [0.3, 0.4) is 0 Å². The van der Waals surface area contributed by atoms with E-state index in [0.29, 0.717) is 29.5 Å². The highest BCUT2D eigenvalue weighted by atomic mass is 35.5. The summed E-state index contributed by atoms with van der Waals surface area (Å²) in [6.07, 6.45) is 1.44. The van der Waals surface area contributed by atoms with Crippen molar-refractivity contribution in [1.29, 1.82) is 0 Å². The van der Waals surface area contributed by atoms with Crippen molar-refractivity contribution in [3.05, 3.63) is 58.5 Å². The molecule has 0 saturated carbocycles. The summed E-state index contributed by atoms with van der Waals surface area (Å²) >= 11 is 6.05.